The zero-order valence-electron chi connectivity index (χ0n) is 9.90. The van der Waals surface area contributed by atoms with Gasteiger partial charge in [-0.3, -0.25) is 0 Å². The van der Waals surface area contributed by atoms with E-state index >= 15 is 0 Å². The van der Waals surface area contributed by atoms with Crippen molar-refractivity contribution in [3.63, 3.8) is 0 Å². The van der Waals surface area contributed by atoms with Crippen LogP contribution in [0, 0.1) is 5.41 Å². The van der Waals surface area contributed by atoms with E-state index in [1.807, 2.05) is 0 Å². The summed E-state index contributed by atoms with van der Waals surface area (Å²) in [6, 6.07) is 0. The molecule has 1 saturated carbocycles. The first-order valence-electron chi connectivity index (χ1n) is 5.84. The summed E-state index contributed by atoms with van der Waals surface area (Å²) < 4.78 is 0. The first kappa shape index (κ1) is 11.8. The Morgan fingerprint density at radius 3 is 2.57 bits per heavy atom. The summed E-state index contributed by atoms with van der Waals surface area (Å²) in [5.74, 6) is 0. The lowest BCUT2D eigenvalue weighted by molar-refractivity contribution is -0.0627. The van der Waals surface area contributed by atoms with Crippen LogP contribution in [0.1, 0.15) is 59.3 Å². The lowest BCUT2D eigenvalue weighted by Gasteiger charge is -2.48. The monoisotopic (exact) mass is 196 g/mol. The Morgan fingerprint density at radius 2 is 2.07 bits per heavy atom. The molecule has 1 fully saturated rings. The molecule has 1 atom stereocenters. The van der Waals surface area contributed by atoms with Crippen molar-refractivity contribution in [2.45, 2.75) is 64.9 Å². The van der Waals surface area contributed by atoms with Gasteiger partial charge in [-0.25, -0.2) is 0 Å². The maximum Gasteiger partial charge on any atom is 0.0904 e. The van der Waals surface area contributed by atoms with Gasteiger partial charge in [-0.1, -0.05) is 40.2 Å². The molecule has 0 heterocycles. The Kier molecular flexibility index (Phi) is 3.41. The summed E-state index contributed by atoms with van der Waals surface area (Å²) >= 11 is 0. The number of hydrogen-bond donors (Lipinski definition) is 1. The highest BCUT2D eigenvalue weighted by molar-refractivity contribution is 5.20. The summed E-state index contributed by atoms with van der Waals surface area (Å²) in [4.78, 5) is 0. The van der Waals surface area contributed by atoms with Gasteiger partial charge in [0.25, 0.3) is 0 Å². The van der Waals surface area contributed by atoms with Crippen molar-refractivity contribution in [2.75, 3.05) is 0 Å². The van der Waals surface area contributed by atoms with Crippen LogP contribution in [0.5, 0.6) is 0 Å². The molecular weight excluding hydrogens is 172 g/mol. The van der Waals surface area contributed by atoms with Gasteiger partial charge in [0.2, 0.25) is 0 Å². The molecule has 0 radical (unpaired) electrons. The average molecular weight is 196 g/mol. The molecule has 0 spiro atoms. The van der Waals surface area contributed by atoms with Crippen molar-refractivity contribution in [2.24, 2.45) is 5.41 Å². The van der Waals surface area contributed by atoms with E-state index in [4.69, 9.17) is 0 Å². The molecule has 0 bridgehead atoms. The van der Waals surface area contributed by atoms with E-state index in [0.717, 1.165) is 37.7 Å². The lowest BCUT2D eigenvalue weighted by Crippen LogP contribution is -2.48. The van der Waals surface area contributed by atoms with Crippen LogP contribution in [0.25, 0.3) is 0 Å². The minimum atomic E-state index is -0.610. The van der Waals surface area contributed by atoms with Crippen molar-refractivity contribution in [3.05, 3.63) is 12.2 Å². The molecule has 0 amide bonds. The second-order valence-corrected chi connectivity index (χ2v) is 5.30. The van der Waals surface area contributed by atoms with Gasteiger partial charge in [0.05, 0.1) is 5.60 Å². The molecule has 1 nitrogen and oxygen atoms in total. The lowest BCUT2D eigenvalue weighted by atomic mass is 9.61. The number of rotatable bonds is 3. The molecule has 14 heavy (non-hydrogen) atoms. The van der Waals surface area contributed by atoms with E-state index in [1.54, 1.807) is 0 Å². The fourth-order valence-electron chi connectivity index (χ4n) is 2.58. The first-order chi connectivity index (χ1) is 6.44. The maximum atomic E-state index is 10.7. The zero-order valence-corrected chi connectivity index (χ0v) is 9.90. The summed E-state index contributed by atoms with van der Waals surface area (Å²) in [7, 11) is 0. The Balaban J connectivity index is 2.81. The number of aliphatic hydroxyl groups is 1. The highest BCUT2D eigenvalue weighted by Crippen LogP contribution is 2.48. The van der Waals surface area contributed by atoms with Crippen LogP contribution < -0.4 is 0 Å². The number of unbranched alkanes of at least 4 members (excludes halogenated alkanes) is 1. The predicted molar refractivity (Wildman–Crippen MR) is 61.2 cm³/mol. The van der Waals surface area contributed by atoms with Gasteiger partial charge in [0.15, 0.2) is 0 Å². The van der Waals surface area contributed by atoms with E-state index in [1.165, 1.54) is 6.42 Å². The Morgan fingerprint density at radius 1 is 1.43 bits per heavy atom. The second kappa shape index (κ2) is 4.06. The van der Waals surface area contributed by atoms with Crippen LogP contribution in [-0.2, 0) is 0 Å². The van der Waals surface area contributed by atoms with Crippen molar-refractivity contribution in [3.8, 4) is 0 Å². The minimum absolute atomic E-state index is 0.0114. The van der Waals surface area contributed by atoms with Gasteiger partial charge in [0.1, 0.15) is 0 Å². The van der Waals surface area contributed by atoms with Crippen LogP contribution in [0.15, 0.2) is 12.2 Å². The first-order valence-corrected chi connectivity index (χ1v) is 5.84. The third-order valence-electron chi connectivity index (χ3n) is 3.88. The molecule has 0 saturated heterocycles. The highest BCUT2D eigenvalue weighted by Gasteiger charge is 2.46. The highest BCUT2D eigenvalue weighted by atomic mass is 16.3. The van der Waals surface area contributed by atoms with Gasteiger partial charge in [-0.2, -0.15) is 0 Å². The van der Waals surface area contributed by atoms with Crippen molar-refractivity contribution >= 4 is 0 Å². The molecule has 0 aromatic heterocycles. The van der Waals surface area contributed by atoms with Crippen molar-refractivity contribution in [1.29, 1.82) is 0 Å². The molecule has 0 aromatic carbocycles. The van der Waals surface area contributed by atoms with Gasteiger partial charge < -0.3 is 5.11 Å². The zero-order chi connectivity index (χ0) is 10.8. The Labute approximate surface area is 88.2 Å². The van der Waals surface area contributed by atoms with E-state index in [-0.39, 0.29) is 5.41 Å². The molecule has 82 valence electrons. The molecular formula is C13H24O. The summed E-state index contributed by atoms with van der Waals surface area (Å²) in [5, 5.41) is 10.7. The molecule has 1 N–H and O–H groups in total. The number of hydrogen-bond acceptors (Lipinski definition) is 1. The maximum absolute atomic E-state index is 10.7. The van der Waals surface area contributed by atoms with Crippen LogP contribution in [0.3, 0.4) is 0 Å². The van der Waals surface area contributed by atoms with Crippen LogP contribution in [-0.4, -0.2) is 10.7 Å². The molecule has 1 heteroatoms. The SMILES string of the molecule is C=C1CCCC(C)(C)C1(O)CCCC. The molecule has 1 rings (SSSR count). The van der Waals surface area contributed by atoms with Crippen LogP contribution in [0.2, 0.25) is 0 Å². The quantitative estimate of drug-likeness (QED) is 0.683. The third kappa shape index (κ3) is 1.88. The smallest absolute Gasteiger partial charge is 0.0904 e. The van der Waals surface area contributed by atoms with E-state index in [0.29, 0.717) is 0 Å². The molecule has 1 aliphatic rings. The Hall–Kier alpha value is -0.300. The standard InChI is InChI=1S/C13H24O/c1-5-6-10-13(14)11(2)8-7-9-12(13,3)4/h14H,2,5-10H2,1,3-4H3. The topological polar surface area (TPSA) is 20.2 Å². The summed E-state index contributed by atoms with van der Waals surface area (Å²) in [6.45, 7) is 10.6. The average Bonchev–Trinajstić information content (AvgIpc) is 2.11. The van der Waals surface area contributed by atoms with Gasteiger partial charge in [0, 0.05) is 0 Å². The van der Waals surface area contributed by atoms with Gasteiger partial charge in [-0.05, 0) is 36.7 Å². The summed E-state index contributed by atoms with van der Waals surface area (Å²) in [5.41, 5.74) is 0.459. The molecule has 0 aromatic rings. The Bertz CT molecular complexity index is 217. The predicted octanol–water partition coefficient (Wildman–Crippen LogP) is 3.67. The third-order valence-corrected chi connectivity index (χ3v) is 3.88. The fraction of sp³-hybridized carbons (Fsp3) is 0.846. The summed E-state index contributed by atoms with van der Waals surface area (Å²) in [6.07, 6.45) is 6.43. The van der Waals surface area contributed by atoms with Crippen LogP contribution in [0.4, 0.5) is 0 Å². The normalized spacial score (nSPS) is 31.9. The second-order valence-electron chi connectivity index (χ2n) is 5.30. The van der Waals surface area contributed by atoms with Crippen LogP contribution >= 0.6 is 0 Å². The van der Waals surface area contributed by atoms with Gasteiger partial charge >= 0.3 is 0 Å². The van der Waals surface area contributed by atoms with E-state index < -0.39 is 5.60 Å². The van der Waals surface area contributed by atoms with Crippen molar-refractivity contribution < 1.29 is 5.11 Å². The fourth-order valence-corrected chi connectivity index (χ4v) is 2.58. The molecule has 1 unspecified atom stereocenters. The molecule has 1 aliphatic carbocycles. The largest absolute Gasteiger partial charge is 0.385 e. The van der Waals surface area contributed by atoms with E-state index in [9.17, 15) is 5.11 Å². The molecule has 0 aliphatic heterocycles. The van der Waals surface area contributed by atoms with Crippen molar-refractivity contribution in [1.82, 2.24) is 0 Å². The van der Waals surface area contributed by atoms with E-state index in [2.05, 4.69) is 27.4 Å². The minimum Gasteiger partial charge on any atom is -0.385 e. The van der Waals surface area contributed by atoms with Gasteiger partial charge in [-0.15, -0.1) is 0 Å².